The monoisotopic (exact) mass is 360 g/mol. The molecule has 0 heterocycles. The van der Waals surface area contributed by atoms with Gasteiger partial charge in [0.15, 0.2) is 0 Å². The summed E-state index contributed by atoms with van der Waals surface area (Å²) in [5, 5.41) is 4.11. The predicted octanol–water partition coefficient (Wildman–Crippen LogP) is 4.13. The van der Waals surface area contributed by atoms with Gasteiger partial charge in [-0.25, -0.2) is 9.22 Å². The van der Waals surface area contributed by atoms with E-state index in [2.05, 4.69) is 9.93 Å². The van der Waals surface area contributed by atoms with Crippen LogP contribution in [0.15, 0.2) is 58.5 Å². The van der Waals surface area contributed by atoms with Gasteiger partial charge in [-0.15, -0.1) is 0 Å². The Morgan fingerprint density at radius 2 is 1.60 bits per heavy atom. The number of hydrazone groups is 1. The van der Waals surface area contributed by atoms with Crippen molar-refractivity contribution in [2.75, 3.05) is 0 Å². The zero-order valence-corrected chi connectivity index (χ0v) is 14.9. The molecule has 0 bridgehead atoms. The lowest BCUT2D eigenvalue weighted by atomic mass is 9.83. The lowest BCUT2D eigenvalue weighted by Crippen LogP contribution is -2.22. The number of hydrogen-bond acceptors (Lipinski definition) is 3. The van der Waals surface area contributed by atoms with Gasteiger partial charge >= 0.3 is 0 Å². The van der Waals surface area contributed by atoms with E-state index in [-0.39, 0.29) is 10.7 Å². The molecule has 6 heteroatoms. The molecule has 0 radical (unpaired) electrons. The van der Waals surface area contributed by atoms with Gasteiger partial charge in [-0.2, -0.15) is 13.5 Å². The van der Waals surface area contributed by atoms with E-state index >= 15 is 0 Å². The van der Waals surface area contributed by atoms with Crippen molar-refractivity contribution in [3.8, 4) is 0 Å². The van der Waals surface area contributed by atoms with E-state index in [1.54, 1.807) is 24.3 Å². The number of benzene rings is 2. The molecular formula is C19H21FN2O2S. The average Bonchev–Trinajstić information content (AvgIpc) is 2.62. The Bertz CT molecular complexity index is 849. The molecule has 3 rings (SSSR count). The van der Waals surface area contributed by atoms with E-state index in [4.69, 9.17) is 0 Å². The molecule has 0 unspecified atom stereocenters. The van der Waals surface area contributed by atoms with Gasteiger partial charge in [0, 0.05) is 5.71 Å². The summed E-state index contributed by atoms with van der Waals surface area (Å²) in [4.78, 5) is 2.55. The number of nitrogens with zero attached hydrogens (tertiary/aromatic N) is 1. The van der Waals surface area contributed by atoms with Crippen LogP contribution in [0.5, 0.6) is 0 Å². The van der Waals surface area contributed by atoms with Crippen LogP contribution in [0.3, 0.4) is 0 Å². The number of nitrogens with one attached hydrogen (secondary N) is 1. The summed E-state index contributed by atoms with van der Waals surface area (Å²) in [6.45, 7) is 1.91. The molecule has 4 nitrogen and oxygen atoms in total. The average molecular weight is 360 g/mol. The molecule has 1 N–H and O–H groups in total. The summed E-state index contributed by atoms with van der Waals surface area (Å²) in [6.07, 6.45) is 3.24. The van der Waals surface area contributed by atoms with Crippen molar-refractivity contribution in [1.29, 1.82) is 0 Å². The first-order valence-electron chi connectivity index (χ1n) is 8.33. The number of halogens is 1. The fourth-order valence-corrected chi connectivity index (χ4v) is 3.87. The predicted molar refractivity (Wildman–Crippen MR) is 96.5 cm³/mol. The van der Waals surface area contributed by atoms with Crippen LogP contribution in [0.25, 0.3) is 0 Å². The highest BCUT2D eigenvalue weighted by Crippen LogP contribution is 2.31. The second kappa shape index (κ2) is 7.35. The molecular weight excluding hydrogens is 339 g/mol. The quantitative estimate of drug-likeness (QED) is 0.834. The van der Waals surface area contributed by atoms with Crippen LogP contribution in [0.1, 0.15) is 42.7 Å². The third-order valence-electron chi connectivity index (χ3n) is 4.56. The van der Waals surface area contributed by atoms with E-state index in [9.17, 15) is 12.8 Å². The third kappa shape index (κ3) is 4.45. The summed E-state index contributed by atoms with van der Waals surface area (Å²) in [5.41, 5.74) is 2.99. The standard InChI is InChI=1S/C19H21FN2O2S/c1-14-2-12-19(13-3-14)25(23,24)22-21-18-10-6-16(7-11-18)15-4-8-17(20)9-5-15/h2-5,8-9,12-13,16,22H,6-7,10-11H2,1H3. The topological polar surface area (TPSA) is 58.5 Å². The van der Waals surface area contributed by atoms with Crippen molar-refractivity contribution in [2.24, 2.45) is 5.10 Å². The Balaban J connectivity index is 1.60. The van der Waals surface area contributed by atoms with E-state index in [0.29, 0.717) is 5.92 Å². The molecule has 1 aliphatic carbocycles. The van der Waals surface area contributed by atoms with E-state index in [0.717, 1.165) is 42.5 Å². The van der Waals surface area contributed by atoms with E-state index < -0.39 is 10.0 Å². The highest BCUT2D eigenvalue weighted by molar-refractivity contribution is 7.89. The van der Waals surface area contributed by atoms with Gasteiger partial charge in [-0.3, -0.25) is 0 Å². The molecule has 1 saturated carbocycles. The summed E-state index contributed by atoms with van der Waals surface area (Å²) in [5.74, 6) is 0.139. The van der Waals surface area contributed by atoms with Gasteiger partial charge < -0.3 is 0 Å². The van der Waals surface area contributed by atoms with Gasteiger partial charge in [-0.1, -0.05) is 29.8 Å². The fourth-order valence-electron chi connectivity index (χ4n) is 3.03. The Morgan fingerprint density at radius 1 is 1.00 bits per heavy atom. The number of sulfonamides is 1. The molecule has 0 saturated heterocycles. The normalized spacial score (nSPS) is 18.0. The zero-order valence-electron chi connectivity index (χ0n) is 14.1. The maximum atomic E-state index is 13.0. The first-order valence-corrected chi connectivity index (χ1v) is 9.82. The molecule has 0 aliphatic heterocycles. The fraction of sp³-hybridized carbons (Fsp3) is 0.316. The summed E-state index contributed by atoms with van der Waals surface area (Å²) < 4.78 is 37.5. The van der Waals surface area contributed by atoms with Crippen LogP contribution in [-0.4, -0.2) is 14.1 Å². The van der Waals surface area contributed by atoms with Crippen molar-refractivity contribution in [1.82, 2.24) is 4.83 Å². The van der Waals surface area contributed by atoms with E-state index in [1.807, 2.05) is 19.1 Å². The molecule has 0 aromatic heterocycles. The van der Waals surface area contributed by atoms with Crippen LogP contribution >= 0.6 is 0 Å². The van der Waals surface area contributed by atoms with Gasteiger partial charge in [0.25, 0.3) is 10.0 Å². The van der Waals surface area contributed by atoms with Crippen LogP contribution in [0.2, 0.25) is 0 Å². The van der Waals surface area contributed by atoms with Crippen molar-refractivity contribution < 1.29 is 12.8 Å². The van der Waals surface area contributed by atoms with Crippen LogP contribution < -0.4 is 4.83 Å². The summed E-state index contributed by atoms with van der Waals surface area (Å²) in [6, 6.07) is 13.3. The highest BCUT2D eigenvalue weighted by atomic mass is 32.2. The number of hydrogen-bond donors (Lipinski definition) is 1. The van der Waals surface area contributed by atoms with Gasteiger partial charge in [0.1, 0.15) is 5.82 Å². The third-order valence-corrected chi connectivity index (χ3v) is 5.78. The van der Waals surface area contributed by atoms with Gasteiger partial charge in [-0.05, 0) is 68.4 Å². The maximum Gasteiger partial charge on any atom is 0.276 e. The SMILES string of the molecule is Cc1ccc(S(=O)(=O)NN=C2CCC(c3ccc(F)cc3)CC2)cc1. The van der Waals surface area contributed by atoms with Crippen molar-refractivity contribution in [3.05, 3.63) is 65.5 Å². The molecule has 25 heavy (non-hydrogen) atoms. The molecule has 0 amide bonds. The minimum atomic E-state index is -3.63. The molecule has 0 atom stereocenters. The molecule has 0 spiro atoms. The van der Waals surface area contributed by atoms with Crippen LogP contribution in [-0.2, 0) is 10.0 Å². The highest BCUT2D eigenvalue weighted by Gasteiger charge is 2.20. The lowest BCUT2D eigenvalue weighted by molar-refractivity contribution is 0.558. The van der Waals surface area contributed by atoms with Gasteiger partial charge in [0.05, 0.1) is 4.90 Å². The minimum Gasteiger partial charge on any atom is -0.207 e. The largest absolute Gasteiger partial charge is 0.276 e. The Kier molecular flexibility index (Phi) is 5.18. The molecule has 1 fully saturated rings. The number of aryl methyl sites for hydroxylation is 1. The molecule has 132 valence electrons. The minimum absolute atomic E-state index is 0.211. The smallest absolute Gasteiger partial charge is 0.207 e. The first kappa shape index (κ1) is 17.6. The van der Waals surface area contributed by atoms with Crippen molar-refractivity contribution in [3.63, 3.8) is 0 Å². The van der Waals surface area contributed by atoms with Crippen molar-refractivity contribution in [2.45, 2.75) is 43.4 Å². The van der Waals surface area contributed by atoms with Gasteiger partial charge in [0.2, 0.25) is 0 Å². The molecule has 1 aliphatic rings. The number of rotatable bonds is 4. The Hall–Kier alpha value is -2.21. The first-order chi connectivity index (χ1) is 11.9. The maximum absolute atomic E-state index is 13.0. The Morgan fingerprint density at radius 3 is 2.20 bits per heavy atom. The molecule has 2 aromatic carbocycles. The zero-order chi connectivity index (χ0) is 17.9. The molecule has 2 aromatic rings. The second-order valence-electron chi connectivity index (χ2n) is 6.41. The van der Waals surface area contributed by atoms with E-state index in [1.165, 1.54) is 12.1 Å². The van der Waals surface area contributed by atoms with Crippen LogP contribution in [0, 0.1) is 12.7 Å². The lowest BCUT2D eigenvalue weighted by Gasteiger charge is -2.23. The second-order valence-corrected chi connectivity index (χ2v) is 8.07. The Labute approximate surface area is 147 Å². The summed E-state index contributed by atoms with van der Waals surface area (Å²) >= 11 is 0. The van der Waals surface area contributed by atoms with Crippen molar-refractivity contribution >= 4 is 15.7 Å². The summed E-state index contributed by atoms with van der Waals surface area (Å²) in [7, 11) is -3.63. The van der Waals surface area contributed by atoms with Crippen LogP contribution in [0.4, 0.5) is 4.39 Å².